The minimum atomic E-state index is 0.608. The van der Waals surface area contributed by atoms with Crippen LogP contribution in [0.3, 0.4) is 0 Å². The predicted molar refractivity (Wildman–Crippen MR) is 63.5 cm³/mol. The zero-order valence-electron chi connectivity index (χ0n) is 9.84. The van der Waals surface area contributed by atoms with Crippen molar-refractivity contribution in [1.29, 1.82) is 0 Å². The van der Waals surface area contributed by atoms with Crippen LogP contribution in [0.4, 0.5) is 0 Å². The van der Waals surface area contributed by atoms with E-state index in [1.165, 1.54) is 57.6 Å². The third-order valence-electron chi connectivity index (χ3n) is 2.72. The van der Waals surface area contributed by atoms with E-state index in [2.05, 4.69) is 13.8 Å². The van der Waals surface area contributed by atoms with Crippen molar-refractivity contribution >= 4 is 0 Å². The fraction of sp³-hybridized carbons (Fsp3) is 0.846. The predicted octanol–water partition coefficient (Wildman–Crippen LogP) is 4.83. The van der Waals surface area contributed by atoms with Gasteiger partial charge in [0.25, 0.3) is 0 Å². The Kier molecular flexibility index (Phi) is 10.3. The smallest absolute Gasteiger partial charge is 0.0754 e. The number of aliphatic hydroxyl groups excluding tert-OH is 1. The Hall–Kier alpha value is -0.460. The summed E-state index contributed by atoms with van der Waals surface area (Å²) in [6.07, 6.45) is 13.5. The highest BCUT2D eigenvalue weighted by Crippen LogP contribution is 2.18. The van der Waals surface area contributed by atoms with Gasteiger partial charge in [-0.3, -0.25) is 0 Å². The van der Waals surface area contributed by atoms with Gasteiger partial charge in [0.15, 0.2) is 0 Å². The Balaban J connectivity index is 3.51. The van der Waals surface area contributed by atoms with Crippen LogP contribution in [0, 0.1) is 5.92 Å². The number of hydrogen-bond donors (Lipinski definition) is 1. The molecule has 0 amide bonds. The van der Waals surface area contributed by atoms with Gasteiger partial charge in [0.05, 0.1) is 6.26 Å². The maximum absolute atomic E-state index is 8.76. The van der Waals surface area contributed by atoms with Gasteiger partial charge in [0.2, 0.25) is 0 Å². The van der Waals surface area contributed by atoms with Crippen LogP contribution in [-0.2, 0) is 0 Å². The van der Waals surface area contributed by atoms with Crippen molar-refractivity contribution in [1.82, 2.24) is 0 Å². The molecule has 84 valence electrons. The first-order valence-electron chi connectivity index (χ1n) is 6.16. The Morgan fingerprint density at radius 3 is 2.14 bits per heavy atom. The van der Waals surface area contributed by atoms with Gasteiger partial charge in [-0.15, -0.1) is 0 Å². The molecule has 1 N–H and O–H groups in total. The quantitative estimate of drug-likeness (QED) is 0.415. The second-order valence-corrected chi connectivity index (χ2v) is 4.09. The molecule has 0 saturated carbocycles. The molecule has 0 aliphatic carbocycles. The van der Waals surface area contributed by atoms with E-state index in [0.717, 1.165) is 0 Å². The molecule has 0 aliphatic rings. The van der Waals surface area contributed by atoms with E-state index in [-0.39, 0.29) is 0 Å². The fourth-order valence-electron chi connectivity index (χ4n) is 1.76. The van der Waals surface area contributed by atoms with Crippen LogP contribution in [0.2, 0.25) is 0 Å². The van der Waals surface area contributed by atoms with Crippen LogP contribution in [0.1, 0.15) is 65.2 Å². The minimum Gasteiger partial charge on any atom is -0.516 e. The summed E-state index contributed by atoms with van der Waals surface area (Å²) < 4.78 is 0. The van der Waals surface area contributed by atoms with Crippen molar-refractivity contribution in [3.8, 4) is 0 Å². The van der Waals surface area contributed by atoms with E-state index < -0.39 is 0 Å². The van der Waals surface area contributed by atoms with E-state index >= 15 is 0 Å². The Morgan fingerprint density at radius 1 is 0.929 bits per heavy atom. The molecule has 1 atom stereocenters. The van der Waals surface area contributed by atoms with Gasteiger partial charge in [-0.25, -0.2) is 0 Å². The summed E-state index contributed by atoms with van der Waals surface area (Å²) in [5.41, 5.74) is 0. The Morgan fingerprint density at radius 2 is 1.57 bits per heavy atom. The van der Waals surface area contributed by atoms with Gasteiger partial charge in [0, 0.05) is 0 Å². The molecule has 0 radical (unpaired) electrons. The molecule has 0 aliphatic heterocycles. The number of allylic oxidation sites excluding steroid dienone is 1. The van der Waals surface area contributed by atoms with Crippen molar-refractivity contribution in [2.24, 2.45) is 5.92 Å². The highest BCUT2D eigenvalue weighted by atomic mass is 16.2. The molecule has 0 fully saturated rings. The Bertz CT molecular complexity index is 129. The highest BCUT2D eigenvalue weighted by molar-refractivity contribution is 4.81. The molecule has 14 heavy (non-hydrogen) atoms. The maximum Gasteiger partial charge on any atom is 0.0754 e. The average molecular weight is 198 g/mol. The number of hydrogen-bond acceptors (Lipinski definition) is 1. The third kappa shape index (κ3) is 8.15. The number of rotatable bonds is 9. The zero-order chi connectivity index (χ0) is 10.6. The first kappa shape index (κ1) is 13.5. The van der Waals surface area contributed by atoms with E-state index in [4.69, 9.17) is 5.11 Å². The van der Waals surface area contributed by atoms with Crippen molar-refractivity contribution in [2.75, 3.05) is 0 Å². The lowest BCUT2D eigenvalue weighted by Gasteiger charge is -2.11. The van der Waals surface area contributed by atoms with Crippen LogP contribution >= 0.6 is 0 Å². The highest BCUT2D eigenvalue weighted by Gasteiger charge is 2.03. The summed E-state index contributed by atoms with van der Waals surface area (Å²) in [7, 11) is 0. The Labute approximate surface area is 89.2 Å². The summed E-state index contributed by atoms with van der Waals surface area (Å²) in [4.78, 5) is 0. The van der Waals surface area contributed by atoms with Gasteiger partial charge in [-0.2, -0.15) is 0 Å². The normalized spacial score (nSPS) is 13.6. The monoisotopic (exact) mass is 198 g/mol. The van der Waals surface area contributed by atoms with Crippen LogP contribution in [0.15, 0.2) is 12.3 Å². The lowest BCUT2D eigenvalue weighted by Crippen LogP contribution is -1.96. The van der Waals surface area contributed by atoms with Gasteiger partial charge < -0.3 is 5.11 Å². The summed E-state index contributed by atoms with van der Waals surface area (Å²) >= 11 is 0. The summed E-state index contributed by atoms with van der Waals surface area (Å²) in [5, 5.41) is 8.76. The zero-order valence-corrected chi connectivity index (χ0v) is 9.84. The number of aliphatic hydroxyl groups is 1. The molecule has 0 rings (SSSR count). The first-order valence-corrected chi connectivity index (χ1v) is 6.16. The molecule has 0 aromatic rings. The first-order chi connectivity index (χ1) is 6.85. The summed E-state index contributed by atoms with van der Waals surface area (Å²) in [6, 6.07) is 0. The third-order valence-corrected chi connectivity index (χ3v) is 2.72. The summed E-state index contributed by atoms with van der Waals surface area (Å²) in [5.74, 6) is 0.608. The van der Waals surface area contributed by atoms with E-state index in [9.17, 15) is 0 Å². The second-order valence-electron chi connectivity index (χ2n) is 4.09. The van der Waals surface area contributed by atoms with Crippen LogP contribution in [0.5, 0.6) is 0 Å². The largest absolute Gasteiger partial charge is 0.516 e. The lowest BCUT2D eigenvalue weighted by atomic mass is 9.95. The van der Waals surface area contributed by atoms with Crippen molar-refractivity contribution in [2.45, 2.75) is 65.2 Å². The molecule has 0 aromatic carbocycles. The molecule has 1 unspecified atom stereocenters. The molecule has 0 heterocycles. The minimum absolute atomic E-state index is 0.608. The fourth-order valence-corrected chi connectivity index (χ4v) is 1.76. The molecule has 0 bridgehead atoms. The second kappa shape index (κ2) is 10.6. The van der Waals surface area contributed by atoms with E-state index in [0.29, 0.717) is 5.92 Å². The van der Waals surface area contributed by atoms with Gasteiger partial charge in [0.1, 0.15) is 0 Å². The SMILES string of the molecule is CCCCCCC(C=CO)CCCC. The molecule has 1 heteroatoms. The van der Waals surface area contributed by atoms with Gasteiger partial charge >= 0.3 is 0 Å². The van der Waals surface area contributed by atoms with Crippen LogP contribution < -0.4 is 0 Å². The molecule has 0 saturated heterocycles. The average Bonchev–Trinajstić information content (AvgIpc) is 2.20. The lowest BCUT2D eigenvalue weighted by molar-refractivity contribution is 0.440. The van der Waals surface area contributed by atoms with Gasteiger partial charge in [-0.05, 0) is 24.8 Å². The van der Waals surface area contributed by atoms with Crippen molar-refractivity contribution in [3.05, 3.63) is 12.3 Å². The molecular weight excluding hydrogens is 172 g/mol. The number of unbranched alkanes of at least 4 members (excludes halogenated alkanes) is 4. The van der Waals surface area contributed by atoms with Crippen molar-refractivity contribution in [3.63, 3.8) is 0 Å². The van der Waals surface area contributed by atoms with E-state index in [1.807, 2.05) is 6.08 Å². The molecule has 1 nitrogen and oxygen atoms in total. The topological polar surface area (TPSA) is 20.2 Å². The van der Waals surface area contributed by atoms with Crippen LogP contribution in [-0.4, -0.2) is 5.11 Å². The molecule has 0 aromatic heterocycles. The molecule has 0 spiro atoms. The van der Waals surface area contributed by atoms with E-state index in [1.54, 1.807) is 0 Å². The van der Waals surface area contributed by atoms with Crippen LogP contribution in [0.25, 0.3) is 0 Å². The standard InChI is InChI=1S/C13H26O/c1-3-5-7-8-10-13(11-12-14)9-6-4-2/h11-14H,3-10H2,1-2H3. The maximum atomic E-state index is 8.76. The van der Waals surface area contributed by atoms with Gasteiger partial charge in [-0.1, -0.05) is 52.4 Å². The molecular formula is C13H26O. The van der Waals surface area contributed by atoms with Crippen molar-refractivity contribution < 1.29 is 5.11 Å². The summed E-state index contributed by atoms with van der Waals surface area (Å²) in [6.45, 7) is 4.46.